The van der Waals surface area contributed by atoms with Gasteiger partial charge in [0.15, 0.2) is 11.2 Å². The summed E-state index contributed by atoms with van der Waals surface area (Å²) < 4.78 is 5.29. The minimum absolute atomic E-state index is 0.0676. The van der Waals surface area contributed by atoms with Crippen molar-refractivity contribution in [3.63, 3.8) is 0 Å². The first-order valence-electron chi connectivity index (χ1n) is 8.23. The number of aliphatic hydroxyl groups excluding tert-OH is 1. The zero-order valence-corrected chi connectivity index (χ0v) is 13.4. The normalized spacial score (nSPS) is 22.7. The second-order valence-corrected chi connectivity index (χ2v) is 7.52. The van der Waals surface area contributed by atoms with Crippen LogP contribution in [0.4, 0.5) is 0 Å². The summed E-state index contributed by atoms with van der Waals surface area (Å²) in [7, 11) is 0. The molecule has 2 saturated carbocycles. The van der Waals surface area contributed by atoms with Gasteiger partial charge in [-0.15, -0.1) is 0 Å². The Morgan fingerprint density at radius 1 is 1.00 bits per heavy atom. The average molecular weight is 314 g/mol. The molecule has 0 radical (unpaired) electrons. The first-order chi connectivity index (χ1) is 10.1. The van der Waals surface area contributed by atoms with Gasteiger partial charge < -0.3 is 9.84 Å². The van der Waals surface area contributed by atoms with Crippen LogP contribution in [0.5, 0.6) is 0 Å². The molecular weight excluding hydrogens is 288 g/mol. The van der Waals surface area contributed by atoms with Gasteiger partial charge in [-0.3, -0.25) is 4.79 Å². The third kappa shape index (κ3) is 5.99. The molecule has 2 aliphatic carbocycles. The Kier molecular flexibility index (Phi) is 7.04. The molecule has 2 aliphatic rings. The Bertz CT molecular complexity index is 346. The van der Waals surface area contributed by atoms with E-state index in [2.05, 4.69) is 0 Å². The lowest BCUT2D eigenvalue weighted by Crippen LogP contribution is -2.30. The predicted octanol–water partition coefficient (Wildman–Crippen LogP) is 3.21. The molecule has 4 nitrogen and oxygen atoms in total. The molecule has 1 N–H and O–H groups in total. The highest BCUT2D eigenvalue weighted by Gasteiger charge is 2.26. The summed E-state index contributed by atoms with van der Waals surface area (Å²) in [6.07, 6.45) is 9.35. The van der Waals surface area contributed by atoms with E-state index in [0.717, 1.165) is 38.5 Å². The summed E-state index contributed by atoms with van der Waals surface area (Å²) >= 11 is 1.31. The number of carbonyl (C=O) groups excluding carboxylic acids is 2. The monoisotopic (exact) mass is 314 g/mol. The number of hydrogen-bond donors (Lipinski definition) is 1. The number of esters is 1. The third-order valence-corrected chi connectivity index (χ3v) is 5.55. The van der Waals surface area contributed by atoms with Gasteiger partial charge in [-0.25, -0.2) is 4.79 Å². The molecular formula is C16H26O4S. The highest BCUT2D eigenvalue weighted by atomic mass is 32.2. The van der Waals surface area contributed by atoms with Crippen molar-refractivity contribution in [3.8, 4) is 0 Å². The van der Waals surface area contributed by atoms with Crippen LogP contribution in [-0.2, 0) is 14.3 Å². The van der Waals surface area contributed by atoms with E-state index in [-0.39, 0.29) is 17.6 Å². The molecule has 21 heavy (non-hydrogen) atoms. The molecule has 0 aromatic rings. The van der Waals surface area contributed by atoms with E-state index in [4.69, 9.17) is 4.74 Å². The first-order valence-corrected chi connectivity index (χ1v) is 9.11. The van der Waals surface area contributed by atoms with Crippen LogP contribution in [0.3, 0.4) is 0 Å². The lowest BCUT2D eigenvalue weighted by molar-refractivity contribution is -0.161. The van der Waals surface area contributed by atoms with Gasteiger partial charge in [0.05, 0.1) is 6.42 Å². The minimum Gasteiger partial charge on any atom is -0.460 e. The number of aliphatic hydroxyl groups is 1. The SMILES string of the molecule is O=C(CC(O)C(=O)OC1CCCCC1)SC1CCCCC1. The lowest BCUT2D eigenvalue weighted by atomic mass is 9.98. The minimum atomic E-state index is -1.30. The third-order valence-electron chi connectivity index (χ3n) is 4.32. The van der Waals surface area contributed by atoms with Crippen LogP contribution >= 0.6 is 11.8 Å². The predicted molar refractivity (Wildman–Crippen MR) is 83.1 cm³/mol. The van der Waals surface area contributed by atoms with Crippen LogP contribution in [0.25, 0.3) is 0 Å². The van der Waals surface area contributed by atoms with Crippen molar-refractivity contribution >= 4 is 22.8 Å². The quantitative estimate of drug-likeness (QED) is 0.789. The Labute approximate surface area is 131 Å². The highest BCUT2D eigenvalue weighted by molar-refractivity contribution is 8.14. The maximum atomic E-state index is 11.9. The summed E-state index contributed by atoms with van der Waals surface area (Å²) in [5, 5.41) is 10.1. The fourth-order valence-corrected chi connectivity index (χ4v) is 4.28. The van der Waals surface area contributed by atoms with Crippen molar-refractivity contribution in [2.24, 2.45) is 0 Å². The molecule has 120 valence electrons. The Morgan fingerprint density at radius 2 is 1.57 bits per heavy atom. The van der Waals surface area contributed by atoms with Gasteiger partial charge in [0.1, 0.15) is 6.10 Å². The van der Waals surface area contributed by atoms with E-state index in [0.29, 0.717) is 5.25 Å². The van der Waals surface area contributed by atoms with E-state index in [1.807, 2.05) is 0 Å². The fraction of sp³-hybridized carbons (Fsp3) is 0.875. The van der Waals surface area contributed by atoms with E-state index >= 15 is 0 Å². The Balaban J connectivity index is 1.67. The maximum Gasteiger partial charge on any atom is 0.335 e. The molecule has 0 aliphatic heterocycles. The molecule has 0 heterocycles. The van der Waals surface area contributed by atoms with Gasteiger partial charge in [0.25, 0.3) is 0 Å². The zero-order valence-electron chi connectivity index (χ0n) is 12.6. The Morgan fingerprint density at radius 3 is 2.19 bits per heavy atom. The molecule has 0 bridgehead atoms. The highest BCUT2D eigenvalue weighted by Crippen LogP contribution is 2.29. The van der Waals surface area contributed by atoms with Crippen molar-refractivity contribution in [2.75, 3.05) is 0 Å². The molecule has 2 rings (SSSR count). The van der Waals surface area contributed by atoms with Crippen molar-refractivity contribution in [1.82, 2.24) is 0 Å². The van der Waals surface area contributed by atoms with Gasteiger partial charge in [0, 0.05) is 5.25 Å². The topological polar surface area (TPSA) is 63.6 Å². The molecule has 0 aromatic heterocycles. The van der Waals surface area contributed by atoms with Crippen molar-refractivity contribution in [3.05, 3.63) is 0 Å². The largest absolute Gasteiger partial charge is 0.460 e. The van der Waals surface area contributed by atoms with Crippen LogP contribution in [0.1, 0.15) is 70.6 Å². The molecule has 5 heteroatoms. The number of thioether (sulfide) groups is 1. The van der Waals surface area contributed by atoms with E-state index in [1.54, 1.807) is 0 Å². The summed E-state index contributed by atoms with van der Waals surface area (Å²) in [6, 6.07) is 0. The van der Waals surface area contributed by atoms with Crippen LogP contribution in [-0.4, -0.2) is 33.6 Å². The van der Waals surface area contributed by atoms with Crippen molar-refractivity contribution in [1.29, 1.82) is 0 Å². The summed E-state index contributed by atoms with van der Waals surface area (Å²) in [6.45, 7) is 0. The smallest absolute Gasteiger partial charge is 0.335 e. The van der Waals surface area contributed by atoms with Gasteiger partial charge in [0.2, 0.25) is 0 Å². The van der Waals surface area contributed by atoms with E-state index in [1.165, 1.54) is 37.4 Å². The number of carbonyl (C=O) groups is 2. The van der Waals surface area contributed by atoms with Crippen LogP contribution in [0, 0.1) is 0 Å². The molecule has 0 saturated heterocycles. The second-order valence-electron chi connectivity index (χ2n) is 6.17. The summed E-state index contributed by atoms with van der Waals surface area (Å²) in [4.78, 5) is 23.7. The molecule has 0 amide bonds. The summed E-state index contributed by atoms with van der Waals surface area (Å²) in [5.74, 6) is -0.625. The lowest BCUT2D eigenvalue weighted by Gasteiger charge is -2.23. The maximum absolute atomic E-state index is 11.9. The van der Waals surface area contributed by atoms with Crippen LogP contribution in [0.15, 0.2) is 0 Å². The van der Waals surface area contributed by atoms with Gasteiger partial charge in [-0.1, -0.05) is 37.4 Å². The number of ether oxygens (including phenoxy) is 1. The zero-order chi connectivity index (χ0) is 15.1. The molecule has 2 fully saturated rings. The van der Waals surface area contributed by atoms with Crippen LogP contribution < -0.4 is 0 Å². The summed E-state index contributed by atoms with van der Waals surface area (Å²) in [5.41, 5.74) is 0. The molecule has 1 unspecified atom stereocenters. The number of rotatable bonds is 5. The van der Waals surface area contributed by atoms with Gasteiger partial charge >= 0.3 is 5.97 Å². The molecule has 1 atom stereocenters. The Hall–Kier alpha value is -0.550. The fourth-order valence-electron chi connectivity index (χ4n) is 3.08. The average Bonchev–Trinajstić information content (AvgIpc) is 2.49. The second kappa shape index (κ2) is 8.79. The number of hydrogen-bond acceptors (Lipinski definition) is 5. The van der Waals surface area contributed by atoms with E-state index in [9.17, 15) is 14.7 Å². The van der Waals surface area contributed by atoms with E-state index < -0.39 is 12.1 Å². The molecule has 0 aromatic carbocycles. The van der Waals surface area contributed by atoms with Crippen molar-refractivity contribution in [2.45, 2.75) is 88.1 Å². The molecule has 0 spiro atoms. The first kappa shape index (κ1) is 16.8. The van der Waals surface area contributed by atoms with Crippen molar-refractivity contribution < 1.29 is 19.4 Å². The van der Waals surface area contributed by atoms with Gasteiger partial charge in [-0.05, 0) is 38.5 Å². The standard InChI is InChI=1S/C16H26O4S/c17-14(16(19)20-12-7-3-1-4-8-12)11-15(18)21-13-9-5-2-6-10-13/h12-14,17H,1-11H2. The van der Waals surface area contributed by atoms with Gasteiger partial charge in [-0.2, -0.15) is 0 Å². The van der Waals surface area contributed by atoms with Crippen LogP contribution in [0.2, 0.25) is 0 Å².